The molecule has 4 nitrogen and oxygen atoms in total. The minimum Gasteiger partial charge on any atom is -0.337 e. The van der Waals surface area contributed by atoms with Crippen LogP contribution in [0, 0.1) is 23.7 Å². The Balaban J connectivity index is 1.54. The van der Waals surface area contributed by atoms with E-state index in [1.807, 2.05) is 17.3 Å². The molecule has 0 aromatic carbocycles. The Morgan fingerprint density at radius 3 is 2.43 bits per heavy atom. The van der Waals surface area contributed by atoms with Gasteiger partial charge in [-0.25, -0.2) is 4.98 Å². The zero-order valence-electron chi connectivity index (χ0n) is 12.5. The van der Waals surface area contributed by atoms with Crippen LogP contribution in [-0.4, -0.2) is 28.9 Å². The molecule has 1 heterocycles. The number of amides is 1. The molecule has 0 radical (unpaired) electrons. The molecule has 0 unspecified atom stereocenters. The number of thiazole rings is 1. The van der Waals surface area contributed by atoms with E-state index in [-0.39, 0.29) is 5.91 Å². The number of rotatable bonds is 3. The van der Waals surface area contributed by atoms with Gasteiger partial charge >= 0.3 is 0 Å². The third-order valence-electron chi connectivity index (χ3n) is 5.89. The average molecular weight is 305 g/mol. The van der Waals surface area contributed by atoms with Crippen molar-refractivity contribution >= 4 is 17.2 Å². The lowest BCUT2D eigenvalue weighted by atomic mass is 9.54. The van der Waals surface area contributed by atoms with Crippen LogP contribution in [0.3, 0.4) is 0 Å². The largest absolute Gasteiger partial charge is 0.337 e. The molecule has 5 rings (SSSR count). The zero-order chi connectivity index (χ0) is 14.6. The first-order valence-electron chi connectivity index (χ1n) is 8.07. The van der Waals surface area contributed by atoms with Crippen molar-refractivity contribution in [3.8, 4) is 0 Å². The van der Waals surface area contributed by atoms with Crippen molar-refractivity contribution < 1.29 is 4.79 Å². The Morgan fingerprint density at radius 1 is 1.29 bits per heavy atom. The van der Waals surface area contributed by atoms with Crippen LogP contribution >= 0.6 is 11.3 Å². The third-order valence-corrected chi connectivity index (χ3v) is 6.76. The molecule has 21 heavy (non-hydrogen) atoms. The second-order valence-corrected chi connectivity index (χ2v) is 8.11. The molecule has 4 aliphatic rings. The summed E-state index contributed by atoms with van der Waals surface area (Å²) in [5.41, 5.74) is 6.18. The molecule has 4 bridgehead atoms. The molecule has 1 amide bonds. The number of nitrogens with zero attached hydrogens (tertiary/aromatic N) is 2. The number of hydrogen-bond acceptors (Lipinski definition) is 4. The van der Waals surface area contributed by atoms with Crippen LogP contribution in [-0.2, 0) is 6.54 Å². The number of aromatic nitrogens is 1. The highest BCUT2D eigenvalue weighted by Gasteiger charge is 2.50. The third kappa shape index (κ3) is 2.21. The summed E-state index contributed by atoms with van der Waals surface area (Å²) in [5.74, 6) is 3.42. The molecule has 4 saturated carbocycles. The molecule has 1 aromatic rings. The van der Waals surface area contributed by atoms with E-state index in [1.165, 1.54) is 43.4 Å². The van der Waals surface area contributed by atoms with Crippen molar-refractivity contribution in [3.05, 3.63) is 16.1 Å². The van der Waals surface area contributed by atoms with Crippen LogP contribution in [0.2, 0.25) is 0 Å². The van der Waals surface area contributed by atoms with E-state index in [4.69, 9.17) is 5.73 Å². The van der Waals surface area contributed by atoms with Crippen molar-refractivity contribution in [3.63, 3.8) is 0 Å². The van der Waals surface area contributed by atoms with Crippen LogP contribution in [0.5, 0.6) is 0 Å². The molecule has 5 heteroatoms. The monoisotopic (exact) mass is 305 g/mol. The van der Waals surface area contributed by atoms with Gasteiger partial charge in [-0.2, -0.15) is 0 Å². The fourth-order valence-corrected chi connectivity index (χ4v) is 6.00. The standard InChI is InChI=1S/C16H23N3OS/c1-19(16(20)13-8-21-14(7-17)18-13)15-11-3-9-2-10(5-11)6-12(15)4-9/h8-12,15H,2-7,17H2,1H3. The summed E-state index contributed by atoms with van der Waals surface area (Å²) in [6, 6.07) is 0.438. The second kappa shape index (κ2) is 5.06. The smallest absolute Gasteiger partial charge is 0.273 e. The van der Waals surface area contributed by atoms with Crippen LogP contribution < -0.4 is 5.73 Å². The Morgan fingerprint density at radius 2 is 1.90 bits per heavy atom. The summed E-state index contributed by atoms with van der Waals surface area (Å²) < 4.78 is 0. The second-order valence-electron chi connectivity index (χ2n) is 7.17. The van der Waals surface area contributed by atoms with Gasteiger partial charge < -0.3 is 10.6 Å². The molecule has 0 atom stereocenters. The number of carbonyl (C=O) groups is 1. The Hall–Kier alpha value is -0.940. The van der Waals surface area contributed by atoms with E-state index in [0.29, 0.717) is 18.3 Å². The van der Waals surface area contributed by atoms with E-state index in [2.05, 4.69) is 4.98 Å². The van der Waals surface area contributed by atoms with Gasteiger partial charge in [0.05, 0.1) is 0 Å². The van der Waals surface area contributed by atoms with Crippen molar-refractivity contribution in [1.82, 2.24) is 9.88 Å². The zero-order valence-corrected chi connectivity index (χ0v) is 13.3. The quantitative estimate of drug-likeness (QED) is 0.933. The van der Waals surface area contributed by atoms with Crippen LogP contribution in [0.1, 0.15) is 47.6 Å². The van der Waals surface area contributed by atoms with Gasteiger partial charge in [0.25, 0.3) is 5.91 Å². The molecule has 114 valence electrons. The summed E-state index contributed by atoms with van der Waals surface area (Å²) >= 11 is 1.49. The summed E-state index contributed by atoms with van der Waals surface area (Å²) in [7, 11) is 1.98. The first-order valence-corrected chi connectivity index (χ1v) is 8.95. The lowest BCUT2D eigenvalue weighted by Gasteiger charge is -2.56. The van der Waals surface area contributed by atoms with Crippen molar-refractivity contribution in [2.24, 2.45) is 29.4 Å². The first-order chi connectivity index (χ1) is 10.2. The Bertz CT molecular complexity index is 527. The first kappa shape index (κ1) is 13.7. The molecule has 2 N–H and O–H groups in total. The SMILES string of the molecule is CN(C(=O)c1csc(CN)n1)C1C2CC3CC(C2)CC1C3. The molecule has 0 aliphatic heterocycles. The van der Waals surface area contributed by atoms with Gasteiger partial charge in [0, 0.05) is 25.0 Å². The topological polar surface area (TPSA) is 59.2 Å². The number of hydrogen-bond donors (Lipinski definition) is 1. The van der Waals surface area contributed by atoms with Gasteiger partial charge in [-0.3, -0.25) is 4.79 Å². The predicted octanol–water partition coefficient (Wildman–Crippen LogP) is 2.50. The average Bonchev–Trinajstić information content (AvgIpc) is 2.94. The lowest BCUT2D eigenvalue weighted by molar-refractivity contribution is -0.0492. The Kier molecular flexibility index (Phi) is 3.30. The maximum Gasteiger partial charge on any atom is 0.273 e. The van der Waals surface area contributed by atoms with Crippen LogP contribution in [0.25, 0.3) is 0 Å². The molecular formula is C16H23N3OS. The number of carbonyl (C=O) groups excluding carboxylic acids is 1. The Labute approximate surface area is 129 Å². The van der Waals surface area contributed by atoms with Gasteiger partial charge in [-0.15, -0.1) is 11.3 Å². The number of nitrogens with two attached hydrogens (primary N) is 1. The van der Waals surface area contributed by atoms with Gasteiger partial charge in [0.1, 0.15) is 10.7 Å². The molecule has 4 aliphatic carbocycles. The van der Waals surface area contributed by atoms with E-state index < -0.39 is 0 Å². The minimum absolute atomic E-state index is 0.0865. The summed E-state index contributed by atoms with van der Waals surface area (Å²) in [6.45, 7) is 0.416. The van der Waals surface area contributed by atoms with Gasteiger partial charge in [-0.05, 0) is 55.8 Å². The normalized spacial score (nSPS) is 37.0. The van der Waals surface area contributed by atoms with Gasteiger partial charge in [0.2, 0.25) is 0 Å². The fourth-order valence-electron chi connectivity index (χ4n) is 5.35. The van der Waals surface area contributed by atoms with Crippen molar-refractivity contribution in [2.75, 3.05) is 7.05 Å². The van der Waals surface area contributed by atoms with E-state index in [1.54, 1.807) is 0 Å². The van der Waals surface area contributed by atoms with Gasteiger partial charge in [-0.1, -0.05) is 0 Å². The summed E-state index contributed by atoms with van der Waals surface area (Å²) in [4.78, 5) is 19.1. The fraction of sp³-hybridized carbons (Fsp3) is 0.750. The summed E-state index contributed by atoms with van der Waals surface area (Å²) in [5, 5.41) is 2.70. The minimum atomic E-state index is 0.0865. The van der Waals surface area contributed by atoms with E-state index in [9.17, 15) is 4.79 Å². The highest BCUT2D eigenvalue weighted by atomic mass is 32.1. The van der Waals surface area contributed by atoms with Gasteiger partial charge in [0.15, 0.2) is 0 Å². The maximum atomic E-state index is 12.7. The molecule has 0 saturated heterocycles. The molecular weight excluding hydrogens is 282 g/mol. The molecule has 0 spiro atoms. The highest BCUT2D eigenvalue weighted by Crippen LogP contribution is 2.55. The van der Waals surface area contributed by atoms with E-state index in [0.717, 1.165) is 28.7 Å². The van der Waals surface area contributed by atoms with Crippen molar-refractivity contribution in [1.29, 1.82) is 0 Å². The summed E-state index contributed by atoms with van der Waals surface area (Å²) in [6.07, 6.45) is 6.78. The maximum absolute atomic E-state index is 12.7. The van der Waals surface area contributed by atoms with E-state index >= 15 is 0 Å². The van der Waals surface area contributed by atoms with Crippen LogP contribution in [0.4, 0.5) is 0 Å². The molecule has 4 fully saturated rings. The lowest BCUT2D eigenvalue weighted by Crippen LogP contribution is -2.56. The van der Waals surface area contributed by atoms with Crippen molar-refractivity contribution in [2.45, 2.75) is 44.7 Å². The predicted molar refractivity (Wildman–Crippen MR) is 82.9 cm³/mol. The van der Waals surface area contributed by atoms with Crippen LogP contribution in [0.15, 0.2) is 5.38 Å². The molecule has 1 aromatic heterocycles. The highest BCUT2D eigenvalue weighted by molar-refractivity contribution is 7.09.